The molecule has 3 heteroatoms. The molecule has 0 saturated heterocycles. The van der Waals surface area contributed by atoms with Crippen molar-refractivity contribution in [2.45, 2.75) is 20.0 Å². The second kappa shape index (κ2) is 5.44. The summed E-state index contributed by atoms with van der Waals surface area (Å²) in [7, 11) is 0. The van der Waals surface area contributed by atoms with E-state index in [1.807, 2.05) is 56.3 Å². The summed E-state index contributed by atoms with van der Waals surface area (Å²) in [5.74, 6) is 0.875. The van der Waals surface area contributed by atoms with E-state index in [0.29, 0.717) is 0 Å². The van der Waals surface area contributed by atoms with Gasteiger partial charge in [0.15, 0.2) is 0 Å². The van der Waals surface area contributed by atoms with Gasteiger partial charge in [-0.1, -0.05) is 28.1 Å². The average Bonchev–Trinajstić information content (AvgIpc) is 2.34. The van der Waals surface area contributed by atoms with E-state index in [0.717, 1.165) is 27.0 Å². The fourth-order valence-corrected chi connectivity index (χ4v) is 1.98. The summed E-state index contributed by atoms with van der Waals surface area (Å²) in [4.78, 5) is 0. The lowest BCUT2D eigenvalue weighted by atomic mass is 10.1. The highest BCUT2D eigenvalue weighted by molar-refractivity contribution is 9.10. The Kier molecular flexibility index (Phi) is 3.92. The Bertz CT molecular complexity index is 537. The van der Waals surface area contributed by atoms with Crippen LogP contribution in [-0.2, 0) is 0 Å². The number of nitrogen functional groups attached to an aromatic ring is 1. The molecular weight excluding hydrogens is 290 g/mol. The Balaban J connectivity index is 2.13. The van der Waals surface area contributed by atoms with Gasteiger partial charge in [0.05, 0.1) is 0 Å². The Morgan fingerprint density at radius 2 is 1.78 bits per heavy atom. The van der Waals surface area contributed by atoms with Gasteiger partial charge in [0.2, 0.25) is 0 Å². The third kappa shape index (κ3) is 3.05. The second-order valence-corrected chi connectivity index (χ2v) is 5.19. The molecule has 0 amide bonds. The molecule has 18 heavy (non-hydrogen) atoms. The highest BCUT2D eigenvalue weighted by Gasteiger charge is 2.07. The molecule has 94 valence electrons. The Labute approximate surface area is 116 Å². The van der Waals surface area contributed by atoms with Gasteiger partial charge in [0, 0.05) is 10.2 Å². The monoisotopic (exact) mass is 305 g/mol. The zero-order valence-corrected chi connectivity index (χ0v) is 12.1. The zero-order valence-electron chi connectivity index (χ0n) is 10.5. The fourth-order valence-electron chi connectivity index (χ4n) is 1.73. The van der Waals surface area contributed by atoms with Crippen LogP contribution >= 0.6 is 15.9 Å². The van der Waals surface area contributed by atoms with Gasteiger partial charge in [-0.15, -0.1) is 0 Å². The molecule has 0 bridgehead atoms. The van der Waals surface area contributed by atoms with Crippen LogP contribution in [-0.4, -0.2) is 0 Å². The number of anilines is 1. The summed E-state index contributed by atoms with van der Waals surface area (Å²) >= 11 is 3.48. The highest BCUT2D eigenvalue weighted by Crippen LogP contribution is 2.26. The Morgan fingerprint density at radius 3 is 2.39 bits per heavy atom. The topological polar surface area (TPSA) is 35.2 Å². The first-order chi connectivity index (χ1) is 8.56. The molecule has 0 fully saturated rings. The molecule has 2 aromatic rings. The lowest BCUT2D eigenvalue weighted by molar-refractivity contribution is 0.227. The SMILES string of the molecule is Cc1cc(OC(C)c2ccc(N)cc2)ccc1Br. The van der Waals surface area contributed by atoms with E-state index in [9.17, 15) is 0 Å². The minimum atomic E-state index is 0.00572. The van der Waals surface area contributed by atoms with Crippen LogP contribution in [0.4, 0.5) is 5.69 Å². The third-order valence-electron chi connectivity index (χ3n) is 2.85. The molecule has 2 rings (SSSR count). The van der Waals surface area contributed by atoms with Gasteiger partial charge in [-0.05, 0) is 55.3 Å². The van der Waals surface area contributed by atoms with Crippen LogP contribution in [0.3, 0.4) is 0 Å². The quantitative estimate of drug-likeness (QED) is 0.849. The van der Waals surface area contributed by atoms with Crippen molar-refractivity contribution in [3.05, 3.63) is 58.1 Å². The van der Waals surface area contributed by atoms with Crippen LogP contribution in [0.25, 0.3) is 0 Å². The number of hydrogen-bond donors (Lipinski definition) is 1. The van der Waals surface area contributed by atoms with Crippen molar-refractivity contribution in [2.24, 2.45) is 0 Å². The van der Waals surface area contributed by atoms with Crippen LogP contribution in [0.2, 0.25) is 0 Å². The van der Waals surface area contributed by atoms with Crippen molar-refractivity contribution in [2.75, 3.05) is 5.73 Å². The number of hydrogen-bond acceptors (Lipinski definition) is 2. The minimum Gasteiger partial charge on any atom is -0.486 e. The van der Waals surface area contributed by atoms with Crippen molar-refractivity contribution >= 4 is 21.6 Å². The van der Waals surface area contributed by atoms with Crippen molar-refractivity contribution in [1.29, 1.82) is 0 Å². The predicted molar refractivity (Wildman–Crippen MR) is 78.8 cm³/mol. The van der Waals surface area contributed by atoms with Crippen molar-refractivity contribution in [1.82, 2.24) is 0 Å². The lowest BCUT2D eigenvalue weighted by Gasteiger charge is -2.16. The van der Waals surface area contributed by atoms with Crippen LogP contribution in [0, 0.1) is 6.92 Å². The summed E-state index contributed by atoms with van der Waals surface area (Å²) in [6.45, 7) is 4.08. The van der Waals surface area contributed by atoms with Crippen LogP contribution < -0.4 is 10.5 Å². The maximum absolute atomic E-state index is 5.91. The number of halogens is 1. The van der Waals surface area contributed by atoms with Gasteiger partial charge in [0.25, 0.3) is 0 Å². The van der Waals surface area contributed by atoms with Crippen molar-refractivity contribution in [3.8, 4) is 5.75 Å². The minimum absolute atomic E-state index is 0.00572. The molecule has 0 aromatic heterocycles. The van der Waals surface area contributed by atoms with Gasteiger partial charge in [-0.2, -0.15) is 0 Å². The predicted octanol–water partition coefficient (Wildman–Crippen LogP) is 4.48. The first-order valence-corrected chi connectivity index (χ1v) is 6.64. The summed E-state index contributed by atoms with van der Waals surface area (Å²) in [5.41, 5.74) is 8.72. The molecule has 1 unspecified atom stereocenters. The van der Waals surface area contributed by atoms with Gasteiger partial charge in [-0.25, -0.2) is 0 Å². The average molecular weight is 306 g/mol. The summed E-state index contributed by atoms with van der Waals surface area (Å²) in [6, 6.07) is 13.8. The second-order valence-electron chi connectivity index (χ2n) is 4.34. The number of aryl methyl sites for hydroxylation is 1. The highest BCUT2D eigenvalue weighted by atomic mass is 79.9. The number of benzene rings is 2. The van der Waals surface area contributed by atoms with Gasteiger partial charge in [-0.3, -0.25) is 0 Å². The molecule has 0 heterocycles. The molecule has 0 radical (unpaired) electrons. The molecule has 0 aliphatic rings. The molecule has 0 aliphatic carbocycles. The first-order valence-electron chi connectivity index (χ1n) is 5.84. The Hall–Kier alpha value is -1.48. The summed E-state index contributed by atoms with van der Waals surface area (Å²) in [6.07, 6.45) is 0.00572. The van der Waals surface area contributed by atoms with Crippen LogP contribution in [0.5, 0.6) is 5.75 Å². The van der Waals surface area contributed by atoms with E-state index in [1.54, 1.807) is 0 Å². The Morgan fingerprint density at radius 1 is 1.11 bits per heavy atom. The molecule has 0 saturated carbocycles. The van der Waals surface area contributed by atoms with Gasteiger partial charge in [0.1, 0.15) is 11.9 Å². The molecule has 0 aliphatic heterocycles. The zero-order chi connectivity index (χ0) is 13.1. The van der Waals surface area contributed by atoms with Crippen molar-refractivity contribution in [3.63, 3.8) is 0 Å². The molecule has 2 N–H and O–H groups in total. The van der Waals surface area contributed by atoms with E-state index in [4.69, 9.17) is 10.5 Å². The molecule has 2 aromatic carbocycles. The maximum Gasteiger partial charge on any atom is 0.121 e. The maximum atomic E-state index is 5.91. The molecular formula is C15H16BrNO. The molecule has 1 atom stereocenters. The van der Waals surface area contributed by atoms with E-state index in [2.05, 4.69) is 15.9 Å². The summed E-state index contributed by atoms with van der Waals surface area (Å²) < 4.78 is 7.01. The first kappa shape index (κ1) is 13.0. The number of rotatable bonds is 3. The van der Waals surface area contributed by atoms with Gasteiger partial charge >= 0.3 is 0 Å². The standard InChI is InChI=1S/C15H16BrNO/c1-10-9-14(7-8-15(10)16)18-11(2)12-3-5-13(17)6-4-12/h3-9,11H,17H2,1-2H3. The lowest BCUT2D eigenvalue weighted by Crippen LogP contribution is -2.03. The smallest absolute Gasteiger partial charge is 0.121 e. The van der Waals surface area contributed by atoms with E-state index < -0.39 is 0 Å². The van der Waals surface area contributed by atoms with Crippen molar-refractivity contribution < 1.29 is 4.74 Å². The van der Waals surface area contributed by atoms with Gasteiger partial charge < -0.3 is 10.5 Å². The normalized spacial score (nSPS) is 12.2. The molecule has 0 spiro atoms. The summed E-state index contributed by atoms with van der Waals surface area (Å²) in [5, 5.41) is 0. The fraction of sp³-hybridized carbons (Fsp3) is 0.200. The van der Waals surface area contributed by atoms with Crippen LogP contribution in [0.1, 0.15) is 24.2 Å². The number of ether oxygens (including phenoxy) is 1. The van der Waals surface area contributed by atoms with Crippen LogP contribution in [0.15, 0.2) is 46.9 Å². The van der Waals surface area contributed by atoms with E-state index >= 15 is 0 Å². The van der Waals surface area contributed by atoms with E-state index in [1.165, 1.54) is 0 Å². The number of nitrogens with two attached hydrogens (primary N) is 1. The van der Waals surface area contributed by atoms with E-state index in [-0.39, 0.29) is 6.10 Å². The molecule has 2 nitrogen and oxygen atoms in total. The largest absolute Gasteiger partial charge is 0.486 e. The third-order valence-corrected chi connectivity index (χ3v) is 3.74.